The Morgan fingerprint density at radius 2 is 1.89 bits per heavy atom. The molecule has 36 heavy (non-hydrogen) atoms. The number of alkyl halides is 2. The Morgan fingerprint density at radius 3 is 2.53 bits per heavy atom. The summed E-state index contributed by atoms with van der Waals surface area (Å²) < 4.78 is 57.9. The Bertz CT molecular complexity index is 994. The number of allylic oxidation sites excluding steroid dienone is 3. The van der Waals surface area contributed by atoms with Crippen molar-refractivity contribution >= 4 is 9.84 Å². The third kappa shape index (κ3) is 5.67. The van der Waals surface area contributed by atoms with Gasteiger partial charge in [0.1, 0.15) is 0 Å². The molecule has 206 valence electrons. The van der Waals surface area contributed by atoms with E-state index in [0.717, 1.165) is 37.7 Å². The van der Waals surface area contributed by atoms with Gasteiger partial charge in [0.2, 0.25) is 9.84 Å². The van der Waals surface area contributed by atoms with E-state index in [0.29, 0.717) is 24.3 Å². The second-order valence-corrected chi connectivity index (χ2v) is 15.1. The second-order valence-electron chi connectivity index (χ2n) is 12.2. The molecule has 3 saturated carbocycles. The Kier molecular flexibility index (Phi) is 8.66. The Balaban J connectivity index is 1.67. The summed E-state index contributed by atoms with van der Waals surface area (Å²) in [7, 11) is -4.62. The van der Waals surface area contributed by atoms with Gasteiger partial charge in [0.15, 0.2) is 0 Å². The lowest BCUT2D eigenvalue weighted by atomic mass is 9.62. The fraction of sp³-hybridized carbons (Fsp3) is 0.786. The van der Waals surface area contributed by atoms with Crippen LogP contribution in [0.3, 0.4) is 0 Å². The molecule has 5 nitrogen and oxygen atoms in total. The SMILES string of the molecule is C=C1/C(=C\C=C2/CCC[C@]3(C)[C@@H]([C@@H](C)OCCC(F)(F)S(=O)(=O)C(C)(C)C)CC[C@@H]23)CC(O)CC1O. The largest absolute Gasteiger partial charge is 0.393 e. The number of fused-ring (bicyclic) bond motifs is 1. The molecule has 8 heteroatoms. The van der Waals surface area contributed by atoms with Crippen molar-refractivity contribution in [3.8, 4) is 0 Å². The zero-order chi connectivity index (χ0) is 27.1. The van der Waals surface area contributed by atoms with Crippen molar-refractivity contribution in [2.75, 3.05) is 6.61 Å². The van der Waals surface area contributed by atoms with E-state index in [-0.39, 0.29) is 24.0 Å². The highest BCUT2D eigenvalue weighted by Gasteiger charge is 2.53. The molecule has 0 aromatic heterocycles. The number of halogens is 2. The molecular formula is C28H44F2O5S. The lowest BCUT2D eigenvalue weighted by molar-refractivity contribution is -0.0443. The van der Waals surface area contributed by atoms with Crippen molar-refractivity contribution in [2.24, 2.45) is 17.3 Å². The summed E-state index contributed by atoms with van der Waals surface area (Å²) >= 11 is 0. The lowest BCUT2D eigenvalue weighted by Crippen LogP contribution is -2.43. The van der Waals surface area contributed by atoms with Gasteiger partial charge in [-0.25, -0.2) is 8.42 Å². The van der Waals surface area contributed by atoms with Crippen LogP contribution in [0, 0.1) is 17.3 Å². The third-order valence-electron chi connectivity index (χ3n) is 8.84. The predicted octanol–water partition coefficient (Wildman–Crippen LogP) is 5.73. The summed E-state index contributed by atoms with van der Waals surface area (Å²) in [6, 6.07) is 0. The number of sulfone groups is 1. The van der Waals surface area contributed by atoms with E-state index in [9.17, 15) is 27.4 Å². The zero-order valence-electron chi connectivity index (χ0n) is 22.4. The van der Waals surface area contributed by atoms with Crippen LogP contribution in [0.5, 0.6) is 0 Å². The molecule has 0 amide bonds. The monoisotopic (exact) mass is 530 g/mol. The summed E-state index contributed by atoms with van der Waals surface area (Å²) in [6.45, 7) is 11.7. The Morgan fingerprint density at radius 1 is 1.22 bits per heavy atom. The van der Waals surface area contributed by atoms with Crippen LogP contribution in [0.4, 0.5) is 8.78 Å². The molecule has 0 aliphatic heterocycles. The third-order valence-corrected chi connectivity index (χ3v) is 11.4. The van der Waals surface area contributed by atoms with Gasteiger partial charge in [0.25, 0.3) is 0 Å². The molecule has 3 rings (SSSR count). The minimum atomic E-state index is -4.62. The first kappa shape index (κ1) is 29.5. The topological polar surface area (TPSA) is 83.8 Å². The van der Waals surface area contributed by atoms with Gasteiger partial charge in [-0.05, 0) is 94.6 Å². The predicted molar refractivity (Wildman–Crippen MR) is 138 cm³/mol. The van der Waals surface area contributed by atoms with Crippen LogP contribution >= 0.6 is 0 Å². The number of ether oxygens (including phenoxy) is 1. The van der Waals surface area contributed by atoms with Gasteiger partial charge in [-0.1, -0.05) is 31.2 Å². The molecule has 2 unspecified atom stereocenters. The van der Waals surface area contributed by atoms with Gasteiger partial charge in [-0.2, -0.15) is 8.78 Å². The van der Waals surface area contributed by atoms with Gasteiger partial charge in [0.05, 0.1) is 29.7 Å². The van der Waals surface area contributed by atoms with Gasteiger partial charge < -0.3 is 14.9 Å². The van der Waals surface area contributed by atoms with Crippen LogP contribution in [-0.2, 0) is 14.6 Å². The van der Waals surface area contributed by atoms with Gasteiger partial charge >= 0.3 is 5.25 Å². The van der Waals surface area contributed by atoms with Gasteiger partial charge in [0, 0.05) is 12.8 Å². The molecule has 2 N–H and O–H groups in total. The van der Waals surface area contributed by atoms with Crippen LogP contribution in [0.2, 0.25) is 0 Å². The number of hydrogen-bond acceptors (Lipinski definition) is 5. The van der Waals surface area contributed by atoms with Crippen LogP contribution < -0.4 is 0 Å². The highest BCUT2D eigenvalue weighted by molar-refractivity contribution is 7.93. The molecule has 0 heterocycles. The quantitative estimate of drug-likeness (QED) is 0.439. The molecule has 0 aromatic rings. The summed E-state index contributed by atoms with van der Waals surface area (Å²) in [5.74, 6) is 0.550. The van der Waals surface area contributed by atoms with Crippen molar-refractivity contribution in [1.29, 1.82) is 0 Å². The molecular weight excluding hydrogens is 486 g/mol. The standard InChI is InChI=1S/C28H44F2O5S/c1-18-21(16-22(31)17-25(18)32)10-9-20-8-7-13-27(6)23(11-12-24(20)27)19(2)35-15-14-28(29,30)36(33,34)26(3,4)5/h9-10,19,22-25,31-32H,1,7-8,11-17H2,2-6H3/b20-9+,21-10-/t19-,22?,23-,24+,25?,27-/m1/s1. The van der Waals surface area contributed by atoms with E-state index in [1.807, 2.05) is 13.0 Å². The maximum absolute atomic E-state index is 14.5. The van der Waals surface area contributed by atoms with Crippen LogP contribution in [-0.4, -0.2) is 53.6 Å². The number of rotatable bonds is 7. The first-order valence-electron chi connectivity index (χ1n) is 13.2. The van der Waals surface area contributed by atoms with E-state index in [1.165, 1.54) is 26.3 Å². The first-order valence-corrected chi connectivity index (χ1v) is 14.7. The summed E-state index contributed by atoms with van der Waals surface area (Å²) in [4.78, 5) is 0. The average Bonchev–Trinajstić information content (AvgIpc) is 3.11. The maximum Gasteiger partial charge on any atom is 0.348 e. The number of aliphatic hydroxyl groups excluding tert-OH is 2. The van der Waals surface area contributed by atoms with Crippen LogP contribution in [0.25, 0.3) is 0 Å². The van der Waals surface area contributed by atoms with Crippen molar-refractivity contribution in [3.63, 3.8) is 0 Å². The molecule has 0 spiro atoms. The second kappa shape index (κ2) is 10.6. The zero-order valence-corrected chi connectivity index (χ0v) is 23.2. The van der Waals surface area contributed by atoms with E-state index in [2.05, 4.69) is 19.6 Å². The van der Waals surface area contributed by atoms with Crippen LogP contribution in [0.1, 0.15) is 86.0 Å². The maximum atomic E-state index is 14.5. The van der Waals surface area contributed by atoms with Gasteiger partial charge in [-0.3, -0.25) is 0 Å². The molecule has 0 aromatic carbocycles. The van der Waals surface area contributed by atoms with E-state index < -0.39 is 38.5 Å². The van der Waals surface area contributed by atoms with Crippen LogP contribution in [0.15, 0.2) is 35.5 Å². The summed E-state index contributed by atoms with van der Waals surface area (Å²) in [6.07, 6.45) is 7.54. The van der Waals surface area contributed by atoms with E-state index >= 15 is 0 Å². The Labute approximate surface area is 215 Å². The van der Waals surface area contributed by atoms with Crippen molar-refractivity contribution in [2.45, 2.75) is 114 Å². The van der Waals surface area contributed by atoms with Crippen molar-refractivity contribution in [3.05, 3.63) is 35.5 Å². The highest BCUT2D eigenvalue weighted by Crippen LogP contribution is 2.58. The van der Waals surface area contributed by atoms with Crippen molar-refractivity contribution in [1.82, 2.24) is 0 Å². The minimum Gasteiger partial charge on any atom is -0.393 e. The lowest BCUT2D eigenvalue weighted by Gasteiger charge is -2.44. The highest BCUT2D eigenvalue weighted by atomic mass is 32.2. The fourth-order valence-corrected chi connectivity index (χ4v) is 7.83. The molecule has 3 aliphatic carbocycles. The molecule has 6 atom stereocenters. The first-order chi connectivity index (χ1) is 16.5. The fourth-order valence-electron chi connectivity index (χ4n) is 6.58. The molecule has 0 saturated heterocycles. The average molecular weight is 531 g/mol. The van der Waals surface area contributed by atoms with Gasteiger partial charge in [-0.15, -0.1) is 0 Å². The Hall–Kier alpha value is -1.09. The van der Waals surface area contributed by atoms with E-state index in [4.69, 9.17) is 4.74 Å². The smallest absolute Gasteiger partial charge is 0.348 e. The molecule has 0 bridgehead atoms. The van der Waals surface area contributed by atoms with E-state index in [1.54, 1.807) is 0 Å². The molecule has 0 radical (unpaired) electrons. The summed E-state index contributed by atoms with van der Waals surface area (Å²) in [5.41, 5.74) is 2.88. The van der Waals surface area contributed by atoms with Crippen molar-refractivity contribution < 1.29 is 32.1 Å². The number of hydrogen-bond donors (Lipinski definition) is 2. The number of aliphatic hydroxyl groups is 2. The summed E-state index contributed by atoms with van der Waals surface area (Å²) in [5, 5.41) is 16.3. The molecule has 3 aliphatic rings. The molecule has 3 fully saturated rings. The minimum absolute atomic E-state index is 0.0232. The normalized spacial score (nSPS) is 35.3.